The second kappa shape index (κ2) is 5.71. The third kappa shape index (κ3) is 3.51. The van der Waals surface area contributed by atoms with Crippen LogP contribution in [0.1, 0.15) is 13.3 Å². The molecule has 2 nitrogen and oxygen atoms in total. The van der Waals surface area contributed by atoms with Gasteiger partial charge in [0, 0.05) is 13.6 Å². The monoisotopic (exact) mass is 210 g/mol. The Morgan fingerprint density at radius 2 is 2.07 bits per heavy atom. The number of benzene rings is 1. The summed E-state index contributed by atoms with van der Waals surface area (Å²) in [5, 5.41) is 0. The number of halogens is 1. The molecule has 3 heteroatoms. The molecule has 0 heterocycles. The van der Waals surface area contributed by atoms with E-state index in [-0.39, 0.29) is 5.82 Å². The molecule has 1 atom stereocenters. The molecule has 0 aliphatic rings. The molecule has 84 valence electrons. The third-order valence-electron chi connectivity index (χ3n) is 2.51. The van der Waals surface area contributed by atoms with Crippen molar-refractivity contribution in [1.29, 1.82) is 0 Å². The van der Waals surface area contributed by atoms with Crippen molar-refractivity contribution in [2.45, 2.75) is 13.3 Å². The van der Waals surface area contributed by atoms with E-state index in [9.17, 15) is 4.39 Å². The fourth-order valence-corrected chi connectivity index (χ4v) is 1.70. The summed E-state index contributed by atoms with van der Waals surface area (Å²) >= 11 is 0. The minimum Gasteiger partial charge on any atom is -0.372 e. The maximum Gasteiger partial charge on any atom is 0.146 e. The molecule has 0 spiro atoms. The lowest BCUT2D eigenvalue weighted by molar-refractivity contribution is 0.533. The van der Waals surface area contributed by atoms with Crippen LogP contribution in [0, 0.1) is 11.7 Å². The van der Waals surface area contributed by atoms with Crippen molar-refractivity contribution in [3.8, 4) is 0 Å². The molecule has 0 radical (unpaired) electrons. The summed E-state index contributed by atoms with van der Waals surface area (Å²) in [6.07, 6.45) is 0.971. The lowest BCUT2D eigenvalue weighted by Gasteiger charge is -2.23. The summed E-state index contributed by atoms with van der Waals surface area (Å²) in [4.78, 5) is 1.94. The Hall–Kier alpha value is -1.09. The molecule has 0 saturated heterocycles. The molecular weight excluding hydrogens is 191 g/mol. The first kappa shape index (κ1) is 12.0. The van der Waals surface area contributed by atoms with Gasteiger partial charge in [-0.25, -0.2) is 4.39 Å². The molecule has 2 N–H and O–H groups in total. The first-order valence-electron chi connectivity index (χ1n) is 5.31. The fourth-order valence-electron chi connectivity index (χ4n) is 1.70. The van der Waals surface area contributed by atoms with Crippen molar-refractivity contribution in [3.63, 3.8) is 0 Å². The quantitative estimate of drug-likeness (QED) is 0.807. The molecule has 0 aliphatic carbocycles. The largest absolute Gasteiger partial charge is 0.372 e. The molecule has 0 aliphatic heterocycles. The molecule has 0 aromatic heterocycles. The molecule has 0 amide bonds. The van der Waals surface area contributed by atoms with Gasteiger partial charge in [-0.2, -0.15) is 0 Å². The van der Waals surface area contributed by atoms with Gasteiger partial charge in [0.25, 0.3) is 0 Å². The lowest BCUT2D eigenvalue weighted by Crippen LogP contribution is -2.26. The van der Waals surface area contributed by atoms with Gasteiger partial charge in [0.1, 0.15) is 5.82 Å². The summed E-state index contributed by atoms with van der Waals surface area (Å²) in [5.74, 6) is 0.319. The maximum absolute atomic E-state index is 13.4. The Morgan fingerprint density at radius 3 is 2.67 bits per heavy atom. The molecule has 1 aromatic rings. The van der Waals surface area contributed by atoms with E-state index < -0.39 is 0 Å². The molecule has 0 bridgehead atoms. The van der Waals surface area contributed by atoms with Crippen LogP contribution < -0.4 is 10.6 Å². The molecular formula is C12H19FN2. The number of nitrogens with two attached hydrogens (primary N) is 1. The summed E-state index contributed by atoms with van der Waals surface area (Å²) in [6.45, 7) is 3.65. The lowest BCUT2D eigenvalue weighted by atomic mass is 10.1. The van der Waals surface area contributed by atoms with Crippen molar-refractivity contribution in [2.24, 2.45) is 11.7 Å². The summed E-state index contributed by atoms with van der Waals surface area (Å²) in [5.41, 5.74) is 6.14. The van der Waals surface area contributed by atoms with Gasteiger partial charge in [0.15, 0.2) is 0 Å². The van der Waals surface area contributed by atoms with Gasteiger partial charge in [0.05, 0.1) is 5.69 Å². The van der Waals surface area contributed by atoms with Crippen LogP contribution in [0.3, 0.4) is 0 Å². The van der Waals surface area contributed by atoms with E-state index in [4.69, 9.17) is 5.73 Å². The standard InChI is InChI=1S/C12H19FN2/c1-10(7-8-14)9-15(2)12-6-4-3-5-11(12)13/h3-6,10H,7-9,14H2,1-2H3. The Labute approximate surface area is 90.9 Å². The van der Waals surface area contributed by atoms with Gasteiger partial charge in [-0.05, 0) is 31.0 Å². The van der Waals surface area contributed by atoms with Crippen LogP contribution in [0.25, 0.3) is 0 Å². The van der Waals surface area contributed by atoms with E-state index in [1.54, 1.807) is 12.1 Å². The van der Waals surface area contributed by atoms with Gasteiger partial charge in [-0.15, -0.1) is 0 Å². The Kier molecular flexibility index (Phi) is 4.56. The normalized spacial score (nSPS) is 12.5. The Balaban J connectivity index is 2.61. The Morgan fingerprint density at radius 1 is 1.40 bits per heavy atom. The zero-order valence-electron chi connectivity index (χ0n) is 9.41. The van der Waals surface area contributed by atoms with E-state index in [1.165, 1.54) is 6.07 Å². The molecule has 1 unspecified atom stereocenters. The highest BCUT2D eigenvalue weighted by Crippen LogP contribution is 2.18. The second-order valence-electron chi connectivity index (χ2n) is 4.01. The van der Waals surface area contributed by atoms with Gasteiger partial charge in [0.2, 0.25) is 0 Å². The maximum atomic E-state index is 13.4. The highest BCUT2D eigenvalue weighted by atomic mass is 19.1. The smallest absolute Gasteiger partial charge is 0.146 e. The topological polar surface area (TPSA) is 29.3 Å². The average Bonchev–Trinajstić information content (AvgIpc) is 2.18. The van der Waals surface area contributed by atoms with Crippen LogP contribution in [-0.2, 0) is 0 Å². The minimum atomic E-state index is -0.167. The summed E-state index contributed by atoms with van der Waals surface area (Å²) in [6, 6.07) is 6.84. The first-order chi connectivity index (χ1) is 7.15. The molecule has 1 rings (SSSR count). The molecule has 0 fully saturated rings. The van der Waals surface area contributed by atoms with Crippen molar-refractivity contribution in [1.82, 2.24) is 0 Å². The van der Waals surface area contributed by atoms with Gasteiger partial charge in [-0.1, -0.05) is 19.1 Å². The first-order valence-corrected chi connectivity index (χ1v) is 5.31. The van der Waals surface area contributed by atoms with Crippen LogP contribution in [0.4, 0.5) is 10.1 Å². The molecule has 0 saturated carbocycles. The fraction of sp³-hybridized carbons (Fsp3) is 0.500. The van der Waals surface area contributed by atoms with Crippen LogP contribution in [0.5, 0.6) is 0 Å². The second-order valence-corrected chi connectivity index (χ2v) is 4.01. The SMILES string of the molecule is CC(CCN)CN(C)c1ccccc1F. The van der Waals surface area contributed by atoms with Crippen molar-refractivity contribution in [3.05, 3.63) is 30.1 Å². The van der Waals surface area contributed by atoms with E-state index in [0.717, 1.165) is 13.0 Å². The zero-order chi connectivity index (χ0) is 11.3. The Bertz CT molecular complexity index is 301. The summed E-state index contributed by atoms with van der Waals surface area (Å²) in [7, 11) is 1.91. The van der Waals surface area contributed by atoms with Crippen LogP contribution in [-0.4, -0.2) is 20.1 Å². The number of nitrogens with zero attached hydrogens (tertiary/aromatic N) is 1. The van der Waals surface area contributed by atoms with Crippen molar-refractivity contribution < 1.29 is 4.39 Å². The van der Waals surface area contributed by atoms with E-state index in [2.05, 4.69) is 6.92 Å². The van der Waals surface area contributed by atoms with Crippen molar-refractivity contribution >= 4 is 5.69 Å². The molecule has 1 aromatic carbocycles. The predicted molar refractivity (Wildman–Crippen MR) is 62.5 cm³/mol. The van der Waals surface area contributed by atoms with Crippen LogP contribution in [0.2, 0.25) is 0 Å². The van der Waals surface area contributed by atoms with Crippen LogP contribution in [0.15, 0.2) is 24.3 Å². The highest BCUT2D eigenvalue weighted by Gasteiger charge is 2.09. The molecule has 15 heavy (non-hydrogen) atoms. The number of para-hydroxylation sites is 1. The van der Waals surface area contributed by atoms with E-state index in [1.807, 2.05) is 18.0 Å². The number of hydrogen-bond acceptors (Lipinski definition) is 2. The predicted octanol–water partition coefficient (Wildman–Crippen LogP) is 2.25. The number of hydrogen-bond donors (Lipinski definition) is 1. The number of rotatable bonds is 5. The van der Waals surface area contributed by atoms with E-state index in [0.29, 0.717) is 18.2 Å². The zero-order valence-corrected chi connectivity index (χ0v) is 9.41. The van der Waals surface area contributed by atoms with Gasteiger partial charge >= 0.3 is 0 Å². The van der Waals surface area contributed by atoms with Crippen LogP contribution >= 0.6 is 0 Å². The van der Waals surface area contributed by atoms with Gasteiger partial charge < -0.3 is 10.6 Å². The minimum absolute atomic E-state index is 0.167. The van der Waals surface area contributed by atoms with Crippen molar-refractivity contribution in [2.75, 3.05) is 25.0 Å². The van der Waals surface area contributed by atoms with E-state index >= 15 is 0 Å². The summed E-state index contributed by atoms with van der Waals surface area (Å²) < 4.78 is 13.4. The average molecular weight is 210 g/mol. The van der Waals surface area contributed by atoms with Gasteiger partial charge in [-0.3, -0.25) is 0 Å². The number of anilines is 1. The third-order valence-corrected chi connectivity index (χ3v) is 2.51. The highest BCUT2D eigenvalue weighted by molar-refractivity contribution is 5.46.